The first-order chi connectivity index (χ1) is 15.4. The lowest BCUT2D eigenvalue weighted by Gasteiger charge is -2.27. The Morgan fingerprint density at radius 2 is 1.78 bits per heavy atom. The number of carbonyl (C=O) groups excluding carboxylic acids is 2. The van der Waals surface area contributed by atoms with Crippen LogP contribution in [0.15, 0.2) is 42.5 Å². The van der Waals surface area contributed by atoms with Crippen molar-refractivity contribution in [2.24, 2.45) is 0 Å². The molecule has 3 rings (SSSR count). The minimum Gasteiger partial charge on any atom is -0.435 e. The molecule has 1 saturated heterocycles. The molecule has 0 atom stereocenters. The van der Waals surface area contributed by atoms with Crippen molar-refractivity contribution >= 4 is 29.1 Å². The molecule has 1 fully saturated rings. The summed E-state index contributed by atoms with van der Waals surface area (Å²) in [5.74, 6) is -0.212. The molecule has 1 heterocycles. The highest BCUT2D eigenvalue weighted by Gasteiger charge is 2.21. The topological polar surface area (TPSA) is 70.7 Å². The lowest BCUT2D eigenvalue weighted by Crippen LogP contribution is -2.36. The number of alkyl halides is 2. The average Bonchev–Trinajstić information content (AvgIpc) is 2.79. The van der Waals surface area contributed by atoms with Crippen LogP contribution < -0.4 is 15.4 Å². The summed E-state index contributed by atoms with van der Waals surface area (Å²) in [5, 5.41) is 6.28. The van der Waals surface area contributed by atoms with E-state index in [0.29, 0.717) is 29.2 Å². The molecule has 0 unspecified atom stereocenters. The number of nitrogens with one attached hydrogen (secondary N) is 2. The molecule has 0 spiro atoms. The Balaban J connectivity index is 1.49. The lowest BCUT2D eigenvalue weighted by molar-refractivity contribution is -0.119. The van der Waals surface area contributed by atoms with E-state index in [1.165, 1.54) is 12.1 Å². The van der Waals surface area contributed by atoms with Gasteiger partial charge in [0.15, 0.2) is 0 Å². The first-order valence-corrected chi connectivity index (χ1v) is 10.9. The van der Waals surface area contributed by atoms with E-state index in [9.17, 15) is 18.4 Å². The molecule has 2 aromatic rings. The summed E-state index contributed by atoms with van der Waals surface area (Å²) in [6.45, 7) is -1.03. The molecule has 0 bridgehead atoms. The SMILES string of the molecule is O=C(CNc1cc(Cl)ccc1C(=O)N1CCCCC1)NCCc1ccc(OC(F)F)cc1. The minimum absolute atomic E-state index is 0.0121. The second-order valence-electron chi connectivity index (χ2n) is 7.52. The maximum Gasteiger partial charge on any atom is 0.387 e. The normalized spacial score (nSPS) is 13.7. The Morgan fingerprint density at radius 1 is 1.06 bits per heavy atom. The molecule has 32 heavy (non-hydrogen) atoms. The molecule has 9 heteroatoms. The van der Waals surface area contributed by atoms with Gasteiger partial charge in [-0.2, -0.15) is 8.78 Å². The maximum atomic E-state index is 12.9. The number of piperidine rings is 1. The molecular weight excluding hydrogens is 440 g/mol. The number of anilines is 1. The van der Waals surface area contributed by atoms with E-state index >= 15 is 0 Å². The number of amides is 2. The van der Waals surface area contributed by atoms with E-state index in [-0.39, 0.29) is 24.1 Å². The number of carbonyl (C=O) groups is 2. The van der Waals surface area contributed by atoms with E-state index in [2.05, 4.69) is 15.4 Å². The fraction of sp³-hybridized carbons (Fsp3) is 0.391. The zero-order chi connectivity index (χ0) is 22.9. The summed E-state index contributed by atoms with van der Waals surface area (Å²) in [5.41, 5.74) is 1.90. The number of rotatable bonds is 9. The molecule has 0 aliphatic carbocycles. The maximum absolute atomic E-state index is 12.9. The zero-order valence-electron chi connectivity index (χ0n) is 17.6. The van der Waals surface area contributed by atoms with Crippen LogP contribution in [0.2, 0.25) is 5.02 Å². The first kappa shape index (κ1) is 23.8. The van der Waals surface area contributed by atoms with Gasteiger partial charge in [-0.25, -0.2) is 0 Å². The highest BCUT2D eigenvalue weighted by molar-refractivity contribution is 6.31. The third-order valence-electron chi connectivity index (χ3n) is 5.18. The smallest absolute Gasteiger partial charge is 0.387 e. The third kappa shape index (κ3) is 7.09. The predicted molar refractivity (Wildman–Crippen MR) is 119 cm³/mol. The van der Waals surface area contributed by atoms with Crippen LogP contribution in [0.25, 0.3) is 0 Å². The number of benzene rings is 2. The molecular formula is C23H26ClF2N3O3. The fourth-order valence-electron chi connectivity index (χ4n) is 3.54. The van der Waals surface area contributed by atoms with Gasteiger partial charge in [-0.05, 0) is 61.6 Å². The molecule has 2 N–H and O–H groups in total. The zero-order valence-corrected chi connectivity index (χ0v) is 18.3. The van der Waals surface area contributed by atoms with Crippen molar-refractivity contribution < 1.29 is 23.1 Å². The summed E-state index contributed by atoms with van der Waals surface area (Å²) in [6.07, 6.45) is 3.65. The van der Waals surface area contributed by atoms with Gasteiger partial charge in [-0.3, -0.25) is 9.59 Å². The molecule has 2 amide bonds. The van der Waals surface area contributed by atoms with Crippen molar-refractivity contribution in [2.45, 2.75) is 32.3 Å². The number of hydrogen-bond donors (Lipinski definition) is 2. The van der Waals surface area contributed by atoms with Gasteiger partial charge in [0.2, 0.25) is 5.91 Å². The molecule has 1 aliphatic rings. The minimum atomic E-state index is -2.86. The Labute approximate surface area is 190 Å². The summed E-state index contributed by atoms with van der Waals surface area (Å²) in [6, 6.07) is 11.3. The second-order valence-corrected chi connectivity index (χ2v) is 7.96. The largest absolute Gasteiger partial charge is 0.435 e. The summed E-state index contributed by atoms with van der Waals surface area (Å²) in [7, 11) is 0. The number of nitrogens with zero attached hydrogens (tertiary/aromatic N) is 1. The van der Waals surface area contributed by atoms with E-state index in [1.807, 2.05) is 4.90 Å². The van der Waals surface area contributed by atoms with E-state index in [4.69, 9.17) is 11.6 Å². The van der Waals surface area contributed by atoms with Crippen LogP contribution in [0, 0.1) is 0 Å². The quantitative estimate of drug-likeness (QED) is 0.578. The highest BCUT2D eigenvalue weighted by atomic mass is 35.5. The number of halogens is 3. The molecule has 2 aromatic carbocycles. The van der Waals surface area contributed by atoms with Gasteiger partial charge >= 0.3 is 6.61 Å². The molecule has 0 saturated carbocycles. The van der Waals surface area contributed by atoms with Crippen molar-refractivity contribution in [3.05, 3.63) is 58.6 Å². The highest BCUT2D eigenvalue weighted by Crippen LogP contribution is 2.24. The summed E-state index contributed by atoms with van der Waals surface area (Å²) >= 11 is 6.10. The Morgan fingerprint density at radius 3 is 2.47 bits per heavy atom. The van der Waals surface area contributed by atoms with Gasteiger partial charge in [0, 0.05) is 30.3 Å². The van der Waals surface area contributed by atoms with Gasteiger partial charge in [-0.15, -0.1) is 0 Å². The molecule has 1 aliphatic heterocycles. The van der Waals surface area contributed by atoms with Crippen LogP contribution in [0.4, 0.5) is 14.5 Å². The predicted octanol–water partition coefficient (Wildman–Crippen LogP) is 4.34. The van der Waals surface area contributed by atoms with Gasteiger partial charge in [0.05, 0.1) is 12.1 Å². The fourth-order valence-corrected chi connectivity index (χ4v) is 3.71. The van der Waals surface area contributed by atoms with E-state index < -0.39 is 6.61 Å². The Kier molecular flexibility index (Phi) is 8.67. The number of hydrogen-bond acceptors (Lipinski definition) is 4. The van der Waals surface area contributed by atoms with Crippen LogP contribution in [-0.4, -0.2) is 49.5 Å². The van der Waals surface area contributed by atoms with Gasteiger partial charge in [0.25, 0.3) is 5.91 Å². The van der Waals surface area contributed by atoms with E-state index in [1.54, 1.807) is 30.3 Å². The van der Waals surface area contributed by atoms with Gasteiger partial charge in [-0.1, -0.05) is 23.7 Å². The standard InChI is InChI=1S/C23H26ClF2N3O3/c24-17-6-9-19(22(31)29-12-2-1-3-13-29)20(14-17)28-15-21(30)27-11-10-16-4-7-18(8-5-16)32-23(25)26/h4-9,14,23,28H,1-3,10-13,15H2,(H,27,30). The second kappa shape index (κ2) is 11.7. The van der Waals surface area contributed by atoms with Crippen LogP contribution in [0.3, 0.4) is 0 Å². The number of ether oxygens (including phenoxy) is 1. The average molecular weight is 466 g/mol. The Bertz CT molecular complexity index is 919. The monoisotopic (exact) mass is 465 g/mol. The summed E-state index contributed by atoms with van der Waals surface area (Å²) in [4.78, 5) is 27.0. The molecule has 172 valence electrons. The Hall–Kier alpha value is -2.87. The van der Waals surface area contributed by atoms with Crippen LogP contribution in [-0.2, 0) is 11.2 Å². The molecule has 0 radical (unpaired) electrons. The van der Waals surface area contributed by atoms with E-state index in [0.717, 1.165) is 37.9 Å². The van der Waals surface area contributed by atoms with Gasteiger partial charge in [0.1, 0.15) is 5.75 Å². The van der Waals surface area contributed by atoms with Crippen molar-refractivity contribution in [2.75, 3.05) is 31.5 Å². The first-order valence-electron chi connectivity index (χ1n) is 10.6. The van der Waals surface area contributed by atoms with Gasteiger partial charge < -0.3 is 20.3 Å². The lowest BCUT2D eigenvalue weighted by atomic mass is 10.1. The van der Waals surface area contributed by atoms with Crippen LogP contribution in [0.1, 0.15) is 35.2 Å². The van der Waals surface area contributed by atoms with Crippen molar-refractivity contribution in [3.63, 3.8) is 0 Å². The van der Waals surface area contributed by atoms with Crippen LogP contribution >= 0.6 is 11.6 Å². The van der Waals surface area contributed by atoms with Crippen molar-refractivity contribution in [1.29, 1.82) is 0 Å². The van der Waals surface area contributed by atoms with Crippen molar-refractivity contribution in [3.8, 4) is 5.75 Å². The third-order valence-corrected chi connectivity index (χ3v) is 5.41. The number of likely N-dealkylation sites (tertiary alicyclic amines) is 1. The van der Waals surface area contributed by atoms with Crippen molar-refractivity contribution in [1.82, 2.24) is 10.2 Å². The molecule has 0 aromatic heterocycles. The summed E-state index contributed by atoms with van der Waals surface area (Å²) < 4.78 is 28.7. The molecule has 6 nitrogen and oxygen atoms in total. The van der Waals surface area contributed by atoms with Crippen LogP contribution in [0.5, 0.6) is 5.75 Å².